The molecule has 7 heteroatoms. The van der Waals surface area contributed by atoms with Gasteiger partial charge in [-0.2, -0.15) is 0 Å². The third-order valence-corrected chi connectivity index (χ3v) is 4.21. The van der Waals surface area contributed by atoms with E-state index in [9.17, 15) is 5.11 Å². The molecule has 0 bridgehead atoms. The molecule has 0 spiro atoms. The Balaban J connectivity index is 5.02. The Bertz CT molecular complexity index is 296. The van der Waals surface area contributed by atoms with Gasteiger partial charge in [-0.15, -0.1) is 0 Å². The monoisotopic (exact) mass is 394 g/mol. The molecule has 27 heavy (non-hydrogen) atoms. The SMILES string of the molecule is CCOCC(CO)(COCC)COCC(COCC)(COCC)COCC. The Kier molecular flexibility index (Phi) is 16.5. The maximum atomic E-state index is 9.97. The molecule has 0 aliphatic rings. The van der Waals surface area contributed by atoms with E-state index < -0.39 is 5.41 Å². The van der Waals surface area contributed by atoms with E-state index in [-0.39, 0.29) is 12.0 Å². The van der Waals surface area contributed by atoms with E-state index >= 15 is 0 Å². The molecule has 0 saturated heterocycles. The molecule has 0 saturated carbocycles. The highest BCUT2D eigenvalue weighted by Crippen LogP contribution is 2.24. The summed E-state index contributed by atoms with van der Waals surface area (Å²) in [5.41, 5.74) is -0.971. The number of ether oxygens (including phenoxy) is 6. The van der Waals surface area contributed by atoms with Crippen LogP contribution in [0.4, 0.5) is 0 Å². The van der Waals surface area contributed by atoms with Crippen molar-refractivity contribution in [2.45, 2.75) is 34.6 Å². The number of aliphatic hydroxyl groups is 1. The second-order valence-electron chi connectivity index (χ2n) is 6.84. The van der Waals surface area contributed by atoms with Crippen LogP contribution in [0.1, 0.15) is 34.6 Å². The van der Waals surface area contributed by atoms with Gasteiger partial charge < -0.3 is 33.5 Å². The van der Waals surface area contributed by atoms with Crippen molar-refractivity contribution in [3.05, 3.63) is 0 Å². The predicted molar refractivity (Wildman–Crippen MR) is 105 cm³/mol. The lowest BCUT2D eigenvalue weighted by Crippen LogP contribution is -2.45. The lowest BCUT2D eigenvalue weighted by molar-refractivity contribution is -0.134. The molecule has 164 valence electrons. The molecule has 0 heterocycles. The summed E-state index contributed by atoms with van der Waals surface area (Å²) in [6, 6.07) is 0. The molecule has 0 unspecified atom stereocenters. The van der Waals surface area contributed by atoms with E-state index in [1.165, 1.54) is 0 Å². The number of hydrogen-bond donors (Lipinski definition) is 1. The zero-order valence-electron chi connectivity index (χ0n) is 18.1. The fourth-order valence-electron chi connectivity index (χ4n) is 2.59. The van der Waals surface area contributed by atoms with E-state index in [0.29, 0.717) is 79.3 Å². The fraction of sp³-hybridized carbons (Fsp3) is 1.00. The van der Waals surface area contributed by atoms with Gasteiger partial charge in [0.15, 0.2) is 0 Å². The maximum Gasteiger partial charge on any atom is 0.0637 e. The van der Waals surface area contributed by atoms with Crippen molar-refractivity contribution in [3.63, 3.8) is 0 Å². The molecule has 0 aliphatic heterocycles. The number of hydrogen-bond acceptors (Lipinski definition) is 7. The molecule has 0 amide bonds. The van der Waals surface area contributed by atoms with Crippen LogP contribution < -0.4 is 0 Å². The first kappa shape index (κ1) is 26.7. The van der Waals surface area contributed by atoms with Gasteiger partial charge >= 0.3 is 0 Å². The first-order chi connectivity index (χ1) is 13.1. The smallest absolute Gasteiger partial charge is 0.0637 e. The standard InChI is InChI=1S/C20H42O7/c1-6-22-12-19(11-21,13-23-7-2)14-27-18-20(15-24-8-3,16-25-9-4)17-26-10-5/h21H,6-18H2,1-5H3. The Hall–Kier alpha value is -0.280. The van der Waals surface area contributed by atoms with E-state index in [1.807, 2.05) is 34.6 Å². The molecule has 0 rings (SSSR count). The van der Waals surface area contributed by atoms with Crippen molar-refractivity contribution in [1.82, 2.24) is 0 Å². The summed E-state index contributed by atoms with van der Waals surface area (Å²) in [5, 5.41) is 9.97. The van der Waals surface area contributed by atoms with Crippen molar-refractivity contribution in [2.75, 3.05) is 85.9 Å². The van der Waals surface area contributed by atoms with Crippen LogP contribution in [0.3, 0.4) is 0 Å². The molecule has 7 nitrogen and oxygen atoms in total. The third-order valence-electron chi connectivity index (χ3n) is 4.21. The molecule has 0 radical (unpaired) electrons. The van der Waals surface area contributed by atoms with Gasteiger partial charge in [-0.3, -0.25) is 0 Å². The normalized spacial score (nSPS) is 12.7. The largest absolute Gasteiger partial charge is 0.396 e. The lowest BCUT2D eigenvalue weighted by Gasteiger charge is -2.35. The predicted octanol–water partition coefficient (Wildman–Crippen LogP) is 2.15. The molecular formula is C20H42O7. The van der Waals surface area contributed by atoms with Gasteiger partial charge in [0.25, 0.3) is 0 Å². The minimum absolute atomic E-state index is 0.0671. The Labute approximate surface area is 165 Å². The van der Waals surface area contributed by atoms with E-state index in [4.69, 9.17) is 28.4 Å². The topological polar surface area (TPSA) is 75.6 Å². The summed E-state index contributed by atoms with van der Waals surface area (Å²) in [4.78, 5) is 0. The van der Waals surface area contributed by atoms with Gasteiger partial charge in [-0.1, -0.05) is 0 Å². The van der Waals surface area contributed by atoms with E-state index in [0.717, 1.165) is 0 Å². The molecule has 0 aromatic carbocycles. The zero-order chi connectivity index (χ0) is 20.4. The molecule has 1 N–H and O–H groups in total. The summed E-state index contributed by atoms with van der Waals surface area (Å²) in [5.74, 6) is 0. The summed E-state index contributed by atoms with van der Waals surface area (Å²) < 4.78 is 34.3. The molecule has 0 aliphatic carbocycles. The highest BCUT2D eigenvalue weighted by molar-refractivity contribution is 4.82. The van der Waals surface area contributed by atoms with Crippen LogP contribution in [0.15, 0.2) is 0 Å². The van der Waals surface area contributed by atoms with Crippen molar-refractivity contribution in [3.8, 4) is 0 Å². The van der Waals surface area contributed by atoms with Crippen molar-refractivity contribution in [2.24, 2.45) is 10.8 Å². The van der Waals surface area contributed by atoms with Crippen LogP contribution in [-0.2, 0) is 28.4 Å². The second-order valence-corrected chi connectivity index (χ2v) is 6.84. The first-order valence-electron chi connectivity index (χ1n) is 10.1. The molecule has 0 atom stereocenters. The summed E-state index contributed by atoms with van der Waals surface area (Å²) >= 11 is 0. The minimum Gasteiger partial charge on any atom is -0.396 e. The van der Waals surface area contributed by atoms with Crippen LogP contribution in [0.5, 0.6) is 0 Å². The number of rotatable bonds is 20. The summed E-state index contributed by atoms with van der Waals surface area (Å²) in [6.07, 6.45) is 0. The van der Waals surface area contributed by atoms with Gasteiger partial charge in [0, 0.05) is 33.0 Å². The Morgan fingerprint density at radius 3 is 1.00 bits per heavy atom. The first-order valence-corrected chi connectivity index (χ1v) is 10.1. The average molecular weight is 395 g/mol. The van der Waals surface area contributed by atoms with Gasteiger partial charge in [-0.25, -0.2) is 0 Å². The fourth-order valence-corrected chi connectivity index (χ4v) is 2.59. The molecule has 0 aromatic heterocycles. The molecular weight excluding hydrogens is 352 g/mol. The van der Waals surface area contributed by atoms with Crippen molar-refractivity contribution >= 4 is 0 Å². The maximum absolute atomic E-state index is 9.97. The van der Waals surface area contributed by atoms with Crippen LogP contribution in [0.2, 0.25) is 0 Å². The van der Waals surface area contributed by atoms with Gasteiger partial charge in [-0.05, 0) is 34.6 Å². The highest BCUT2D eigenvalue weighted by atomic mass is 16.5. The van der Waals surface area contributed by atoms with Gasteiger partial charge in [0.05, 0.1) is 63.7 Å². The van der Waals surface area contributed by atoms with E-state index in [2.05, 4.69) is 0 Å². The molecule has 0 aromatic rings. The zero-order valence-corrected chi connectivity index (χ0v) is 18.1. The van der Waals surface area contributed by atoms with E-state index in [1.54, 1.807) is 0 Å². The van der Waals surface area contributed by atoms with Crippen LogP contribution in [0.25, 0.3) is 0 Å². The number of aliphatic hydroxyl groups excluding tert-OH is 1. The highest BCUT2D eigenvalue weighted by Gasteiger charge is 2.35. The Morgan fingerprint density at radius 2 is 0.704 bits per heavy atom. The quantitative estimate of drug-likeness (QED) is 0.339. The van der Waals surface area contributed by atoms with Crippen LogP contribution in [0, 0.1) is 10.8 Å². The minimum atomic E-state index is -0.583. The molecule has 0 fully saturated rings. The van der Waals surface area contributed by atoms with Crippen LogP contribution in [-0.4, -0.2) is 91.0 Å². The average Bonchev–Trinajstić information content (AvgIpc) is 2.70. The summed E-state index contributed by atoms with van der Waals surface area (Å²) in [6.45, 7) is 15.7. The van der Waals surface area contributed by atoms with Crippen LogP contribution >= 0.6 is 0 Å². The van der Waals surface area contributed by atoms with Crippen molar-refractivity contribution < 1.29 is 33.5 Å². The van der Waals surface area contributed by atoms with Gasteiger partial charge in [0.1, 0.15) is 0 Å². The lowest BCUT2D eigenvalue weighted by atomic mass is 9.90. The second kappa shape index (κ2) is 16.7. The van der Waals surface area contributed by atoms with Crippen molar-refractivity contribution in [1.29, 1.82) is 0 Å². The Morgan fingerprint density at radius 1 is 0.444 bits per heavy atom. The summed E-state index contributed by atoms with van der Waals surface area (Å²) in [7, 11) is 0. The van der Waals surface area contributed by atoms with Gasteiger partial charge in [0.2, 0.25) is 0 Å². The third kappa shape index (κ3) is 11.3.